The highest BCUT2D eigenvalue weighted by Crippen LogP contribution is 2.32. The van der Waals surface area contributed by atoms with Crippen molar-refractivity contribution in [3.05, 3.63) is 65.4 Å². The van der Waals surface area contributed by atoms with Gasteiger partial charge >= 0.3 is 5.91 Å². The van der Waals surface area contributed by atoms with Crippen molar-refractivity contribution in [2.75, 3.05) is 11.5 Å². The van der Waals surface area contributed by atoms with Gasteiger partial charge in [0.2, 0.25) is 0 Å². The van der Waals surface area contributed by atoms with Gasteiger partial charge < -0.3 is 9.84 Å². The number of rotatable bonds is 8. The molecule has 5 heteroatoms. The number of anilines is 1. The van der Waals surface area contributed by atoms with Crippen LogP contribution in [0.4, 0.5) is 5.69 Å². The van der Waals surface area contributed by atoms with E-state index in [9.17, 15) is 14.7 Å². The summed E-state index contributed by atoms with van der Waals surface area (Å²) in [5, 5.41) is 10.4. The van der Waals surface area contributed by atoms with Crippen LogP contribution in [0, 0.1) is 5.92 Å². The number of aryl methyl sites for hydroxylation is 1. The maximum atomic E-state index is 12.9. The van der Waals surface area contributed by atoms with Crippen LogP contribution in [0.15, 0.2) is 54.3 Å². The molecule has 1 heterocycles. The largest absolute Gasteiger partial charge is 0.502 e. The maximum absolute atomic E-state index is 12.9. The van der Waals surface area contributed by atoms with Gasteiger partial charge in [0.15, 0.2) is 5.76 Å². The van der Waals surface area contributed by atoms with Gasteiger partial charge in [-0.1, -0.05) is 51.5 Å². The number of carbonyl (C=O) groups is 2. The van der Waals surface area contributed by atoms with Gasteiger partial charge in [-0.2, -0.15) is 0 Å². The highest BCUT2D eigenvalue weighted by molar-refractivity contribution is 6.44. The van der Waals surface area contributed by atoms with Crippen LogP contribution in [0.5, 0.6) is 5.75 Å². The summed E-state index contributed by atoms with van der Waals surface area (Å²) in [5.74, 6) is -0.673. The number of ether oxygens (including phenoxy) is 1. The number of carbonyl (C=O) groups excluding carboxylic acids is 2. The molecule has 5 nitrogen and oxygen atoms in total. The lowest BCUT2D eigenvalue weighted by Crippen LogP contribution is -2.31. The summed E-state index contributed by atoms with van der Waals surface area (Å²) in [6, 6.07) is 14.2. The van der Waals surface area contributed by atoms with Crippen molar-refractivity contribution < 1.29 is 19.4 Å². The van der Waals surface area contributed by atoms with E-state index in [2.05, 4.69) is 20.8 Å². The number of aliphatic hydroxyl groups excluding tert-OH is 1. The molecular formula is C24H27NO4. The third-order valence-corrected chi connectivity index (χ3v) is 4.80. The van der Waals surface area contributed by atoms with E-state index < -0.39 is 17.6 Å². The standard InChI is InChI=1S/C24H27NO4/c1-4-5-6-17-7-11-19(12-8-17)25-23(27)21(22(26)24(25)28)18-9-13-20(14-10-18)29-15-16(2)3/h7-14,16,26H,4-6,15H2,1-3H3. The first-order chi connectivity index (χ1) is 13.9. The van der Waals surface area contributed by atoms with Gasteiger partial charge in [-0.05, 0) is 54.2 Å². The molecule has 0 radical (unpaired) electrons. The molecule has 29 heavy (non-hydrogen) atoms. The van der Waals surface area contributed by atoms with Crippen LogP contribution in [0.3, 0.4) is 0 Å². The molecule has 1 aliphatic rings. The molecule has 0 saturated heterocycles. The van der Waals surface area contributed by atoms with Gasteiger partial charge in [0.25, 0.3) is 5.91 Å². The quantitative estimate of drug-likeness (QED) is 0.648. The highest BCUT2D eigenvalue weighted by atomic mass is 16.5. The van der Waals surface area contributed by atoms with E-state index in [-0.39, 0.29) is 5.57 Å². The number of benzene rings is 2. The van der Waals surface area contributed by atoms with Crippen LogP contribution in [-0.4, -0.2) is 23.5 Å². The first-order valence-corrected chi connectivity index (χ1v) is 10.1. The third-order valence-electron chi connectivity index (χ3n) is 4.80. The van der Waals surface area contributed by atoms with E-state index in [0.29, 0.717) is 29.5 Å². The molecular weight excluding hydrogens is 366 g/mol. The Morgan fingerprint density at radius 2 is 1.62 bits per heavy atom. The molecule has 0 bridgehead atoms. The van der Waals surface area contributed by atoms with Gasteiger partial charge in [0, 0.05) is 0 Å². The number of hydrogen-bond donors (Lipinski definition) is 1. The number of imide groups is 1. The van der Waals surface area contributed by atoms with E-state index in [0.717, 1.165) is 29.7 Å². The molecule has 2 aromatic rings. The Morgan fingerprint density at radius 1 is 0.966 bits per heavy atom. The number of hydrogen-bond acceptors (Lipinski definition) is 4. The number of nitrogens with zero attached hydrogens (tertiary/aromatic N) is 1. The van der Waals surface area contributed by atoms with E-state index in [1.807, 2.05) is 12.1 Å². The molecule has 0 saturated carbocycles. The fourth-order valence-electron chi connectivity index (χ4n) is 3.19. The van der Waals surface area contributed by atoms with Crippen LogP contribution in [0.25, 0.3) is 5.57 Å². The molecule has 0 aromatic heterocycles. The predicted octanol–water partition coefficient (Wildman–Crippen LogP) is 4.91. The lowest BCUT2D eigenvalue weighted by atomic mass is 10.1. The number of unbranched alkanes of at least 4 members (excludes halogenated alkanes) is 1. The molecule has 2 amide bonds. The van der Waals surface area contributed by atoms with Crippen molar-refractivity contribution in [2.24, 2.45) is 5.92 Å². The van der Waals surface area contributed by atoms with Gasteiger partial charge in [0.05, 0.1) is 17.9 Å². The van der Waals surface area contributed by atoms with Crippen LogP contribution < -0.4 is 9.64 Å². The lowest BCUT2D eigenvalue weighted by Gasteiger charge is -2.15. The predicted molar refractivity (Wildman–Crippen MR) is 114 cm³/mol. The molecule has 1 N–H and O–H groups in total. The van der Waals surface area contributed by atoms with Crippen molar-refractivity contribution in [1.82, 2.24) is 0 Å². The smallest absolute Gasteiger partial charge is 0.301 e. The molecule has 2 aromatic carbocycles. The molecule has 0 unspecified atom stereocenters. The molecule has 0 fully saturated rings. The van der Waals surface area contributed by atoms with E-state index in [1.54, 1.807) is 36.4 Å². The Hall–Kier alpha value is -3.08. The van der Waals surface area contributed by atoms with Gasteiger partial charge in [0.1, 0.15) is 5.75 Å². The molecule has 0 spiro atoms. The normalized spacial score (nSPS) is 14.3. The molecule has 1 aliphatic heterocycles. The molecule has 3 rings (SSSR count). The minimum atomic E-state index is -0.702. The zero-order chi connectivity index (χ0) is 21.0. The van der Waals surface area contributed by atoms with Crippen molar-refractivity contribution >= 4 is 23.1 Å². The Balaban J connectivity index is 1.79. The zero-order valence-corrected chi connectivity index (χ0v) is 17.1. The Morgan fingerprint density at radius 3 is 2.21 bits per heavy atom. The Kier molecular flexibility index (Phi) is 6.37. The molecule has 0 atom stereocenters. The van der Waals surface area contributed by atoms with Crippen molar-refractivity contribution in [3.63, 3.8) is 0 Å². The van der Waals surface area contributed by atoms with Crippen molar-refractivity contribution in [1.29, 1.82) is 0 Å². The van der Waals surface area contributed by atoms with E-state index >= 15 is 0 Å². The van der Waals surface area contributed by atoms with Crippen LogP contribution >= 0.6 is 0 Å². The Labute approximate surface area is 171 Å². The third kappa shape index (κ3) is 4.50. The fourth-order valence-corrected chi connectivity index (χ4v) is 3.19. The summed E-state index contributed by atoms with van der Waals surface area (Å²) < 4.78 is 5.65. The minimum Gasteiger partial charge on any atom is -0.502 e. The van der Waals surface area contributed by atoms with Crippen LogP contribution in [0.1, 0.15) is 44.7 Å². The second-order valence-electron chi connectivity index (χ2n) is 7.67. The second-order valence-corrected chi connectivity index (χ2v) is 7.67. The van der Waals surface area contributed by atoms with E-state index in [4.69, 9.17) is 4.74 Å². The lowest BCUT2D eigenvalue weighted by molar-refractivity contribution is -0.121. The number of amides is 2. The van der Waals surface area contributed by atoms with Gasteiger partial charge in [-0.15, -0.1) is 0 Å². The summed E-state index contributed by atoms with van der Waals surface area (Å²) in [7, 11) is 0. The average molecular weight is 393 g/mol. The summed E-state index contributed by atoms with van der Waals surface area (Å²) >= 11 is 0. The van der Waals surface area contributed by atoms with Gasteiger partial charge in [-0.25, -0.2) is 4.90 Å². The zero-order valence-electron chi connectivity index (χ0n) is 17.1. The van der Waals surface area contributed by atoms with Crippen LogP contribution in [-0.2, 0) is 16.0 Å². The summed E-state index contributed by atoms with van der Waals surface area (Å²) in [6.07, 6.45) is 3.15. The summed E-state index contributed by atoms with van der Waals surface area (Å²) in [5.41, 5.74) is 2.11. The molecule has 152 valence electrons. The average Bonchev–Trinajstić information content (AvgIpc) is 2.94. The first kappa shape index (κ1) is 20.6. The van der Waals surface area contributed by atoms with Gasteiger partial charge in [-0.3, -0.25) is 9.59 Å². The monoisotopic (exact) mass is 393 g/mol. The summed E-state index contributed by atoms with van der Waals surface area (Å²) in [6.45, 7) is 6.84. The number of aliphatic hydroxyl groups is 1. The topological polar surface area (TPSA) is 66.8 Å². The minimum absolute atomic E-state index is 0.0143. The maximum Gasteiger partial charge on any atom is 0.301 e. The van der Waals surface area contributed by atoms with Crippen LogP contribution in [0.2, 0.25) is 0 Å². The fraction of sp³-hybridized carbons (Fsp3) is 0.333. The Bertz CT molecular complexity index is 911. The molecule has 0 aliphatic carbocycles. The first-order valence-electron chi connectivity index (χ1n) is 10.1. The van der Waals surface area contributed by atoms with E-state index in [1.165, 1.54) is 0 Å². The van der Waals surface area contributed by atoms with Crippen molar-refractivity contribution in [3.8, 4) is 5.75 Å². The second kappa shape index (κ2) is 8.95. The summed E-state index contributed by atoms with van der Waals surface area (Å²) in [4.78, 5) is 26.5. The van der Waals surface area contributed by atoms with Crippen molar-refractivity contribution in [2.45, 2.75) is 40.0 Å². The SMILES string of the molecule is CCCCc1ccc(N2C(=O)C(O)=C(c3ccc(OCC(C)C)cc3)C2=O)cc1. The highest BCUT2D eigenvalue weighted by Gasteiger charge is 2.40.